The largest absolute Gasteiger partial charge is 0.508 e. The number of halogens is 1. The number of benzene rings is 2. The van der Waals surface area contributed by atoms with Gasteiger partial charge in [0.2, 0.25) is 0 Å². The minimum Gasteiger partial charge on any atom is -0.508 e. The van der Waals surface area contributed by atoms with Gasteiger partial charge >= 0.3 is 0 Å². The zero-order valence-electron chi connectivity index (χ0n) is 7.94. The first-order chi connectivity index (χ1) is 7.16. The molecule has 0 amide bonds. The highest BCUT2D eigenvalue weighted by molar-refractivity contribution is 5.68. The first-order valence-electron chi connectivity index (χ1n) is 4.51. The fourth-order valence-electron chi connectivity index (χ4n) is 1.41. The summed E-state index contributed by atoms with van der Waals surface area (Å²) < 4.78 is 13.4. The molecule has 0 saturated heterocycles. The van der Waals surface area contributed by atoms with Gasteiger partial charge in [-0.2, -0.15) is 0 Å². The van der Waals surface area contributed by atoms with Crippen molar-refractivity contribution in [3.63, 3.8) is 0 Å². The summed E-state index contributed by atoms with van der Waals surface area (Å²) in [5.41, 5.74) is 7.22. The summed E-state index contributed by atoms with van der Waals surface area (Å²) in [4.78, 5) is 0. The fourth-order valence-corrected chi connectivity index (χ4v) is 1.41. The summed E-state index contributed by atoms with van der Waals surface area (Å²) in [5.74, 6) is -0.169. The molecule has 0 radical (unpaired) electrons. The molecule has 0 saturated carbocycles. The molecule has 0 heterocycles. The Hall–Kier alpha value is -2.03. The minimum absolute atomic E-state index is 0.156. The topological polar surface area (TPSA) is 46.2 Å². The summed E-state index contributed by atoms with van der Waals surface area (Å²) in [7, 11) is 0. The number of anilines is 1. The third-order valence-electron chi connectivity index (χ3n) is 2.17. The summed E-state index contributed by atoms with van der Waals surface area (Å²) in [6, 6.07) is 10.7. The maximum absolute atomic E-state index is 13.4. The van der Waals surface area contributed by atoms with Crippen molar-refractivity contribution in [1.82, 2.24) is 0 Å². The van der Waals surface area contributed by atoms with Gasteiger partial charge in [-0.25, -0.2) is 4.39 Å². The number of aromatic hydroxyl groups is 1. The van der Waals surface area contributed by atoms with E-state index in [-0.39, 0.29) is 11.6 Å². The van der Waals surface area contributed by atoms with Gasteiger partial charge in [-0.15, -0.1) is 0 Å². The predicted octanol–water partition coefficient (Wildman–Crippen LogP) is 2.78. The van der Waals surface area contributed by atoms with Crippen molar-refractivity contribution in [3.8, 4) is 16.9 Å². The van der Waals surface area contributed by atoms with Crippen LogP contribution in [0.15, 0.2) is 42.5 Å². The van der Waals surface area contributed by atoms with Crippen molar-refractivity contribution in [1.29, 1.82) is 0 Å². The highest BCUT2D eigenvalue weighted by Gasteiger charge is 2.04. The van der Waals surface area contributed by atoms with E-state index >= 15 is 0 Å². The molecule has 0 atom stereocenters. The number of phenols is 1. The molecule has 0 unspecified atom stereocenters. The van der Waals surface area contributed by atoms with Crippen molar-refractivity contribution in [2.24, 2.45) is 0 Å². The SMILES string of the molecule is Nc1ccc(F)c(-c2ccc(O)cc2)c1. The second-order valence-corrected chi connectivity index (χ2v) is 3.29. The Bertz CT molecular complexity index is 479. The second kappa shape index (κ2) is 3.61. The number of hydrogen-bond donors (Lipinski definition) is 2. The first kappa shape index (κ1) is 9.52. The van der Waals surface area contributed by atoms with Crippen LogP contribution in [0.5, 0.6) is 5.75 Å². The number of nitrogen functional groups attached to an aromatic ring is 1. The van der Waals surface area contributed by atoms with Gasteiger partial charge in [-0.05, 0) is 35.9 Å². The molecule has 3 N–H and O–H groups in total. The van der Waals surface area contributed by atoms with Gasteiger partial charge in [-0.1, -0.05) is 12.1 Å². The van der Waals surface area contributed by atoms with E-state index in [1.807, 2.05) is 0 Å². The lowest BCUT2D eigenvalue weighted by Crippen LogP contribution is -1.89. The quantitative estimate of drug-likeness (QED) is 0.700. The summed E-state index contributed by atoms with van der Waals surface area (Å²) >= 11 is 0. The average Bonchev–Trinajstić information content (AvgIpc) is 2.23. The van der Waals surface area contributed by atoms with Crippen molar-refractivity contribution in [3.05, 3.63) is 48.3 Å². The Labute approximate surface area is 86.8 Å². The van der Waals surface area contributed by atoms with E-state index in [0.717, 1.165) is 0 Å². The molecule has 0 aliphatic rings. The highest BCUT2D eigenvalue weighted by Crippen LogP contribution is 2.26. The zero-order chi connectivity index (χ0) is 10.8. The van der Waals surface area contributed by atoms with Crippen LogP contribution in [0, 0.1) is 5.82 Å². The van der Waals surface area contributed by atoms with Gasteiger partial charge in [0.25, 0.3) is 0 Å². The van der Waals surface area contributed by atoms with Crippen molar-refractivity contribution < 1.29 is 9.50 Å². The van der Waals surface area contributed by atoms with Crippen LogP contribution in [-0.2, 0) is 0 Å². The summed E-state index contributed by atoms with van der Waals surface area (Å²) in [6.45, 7) is 0. The molecule has 3 heteroatoms. The Balaban J connectivity index is 2.53. The molecular formula is C12H10FNO. The predicted molar refractivity (Wildman–Crippen MR) is 57.9 cm³/mol. The minimum atomic E-state index is -0.324. The van der Waals surface area contributed by atoms with Gasteiger partial charge in [0, 0.05) is 11.3 Å². The lowest BCUT2D eigenvalue weighted by Gasteiger charge is -2.04. The number of nitrogens with two attached hydrogens (primary N) is 1. The molecule has 0 bridgehead atoms. The molecule has 2 aromatic carbocycles. The average molecular weight is 203 g/mol. The van der Waals surface area contributed by atoms with Crippen LogP contribution >= 0.6 is 0 Å². The molecule has 0 spiro atoms. The Morgan fingerprint density at radius 1 is 1.00 bits per heavy atom. The fraction of sp³-hybridized carbons (Fsp3) is 0. The second-order valence-electron chi connectivity index (χ2n) is 3.29. The van der Waals surface area contributed by atoms with E-state index in [1.165, 1.54) is 24.3 Å². The van der Waals surface area contributed by atoms with Crippen LogP contribution in [-0.4, -0.2) is 5.11 Å². The van der Waals surface area contributed by atoms with Crippen LogP contribution in [0.25, 0.3) is 11.1 Å². The molecular weight excluding hydrogens is 193 g/mol. The van der Waals surface area contributed by atoms with Crippen LogP contribution in [0.3, 0.4) is 0 Å². The molecule has 2 aromatic rings. The zero-order valence-corrected chi connectivity index (χ0v) is 7.94. The van der Waals surface area contributed by atoms with E-state index < -0.39 is 0 Å². The third kappa shape index (κ3) is 1.91. The van der Waals surface area contributed by atoms with Crippen LogP contribution in [0.2, 0.25) is 0 Å². The normalized spacial score (nSPS) is 10.2. The lowest BCUT2D eigenvalue weighted by molar-refractivity contribution is 0.475. The molecule has 2 rings (SSSR count). The maximum Gasteiger partial charge on any atom is 0.131 e. The maximum atomic E-state index is 13.4. The van der Waals surface area contributed by atoms with E-state index in [1.54, 1.807) is 18.2 Å². The Morgan fingerprint density at radius 3 is 2.33 bits per heavy atom. The van der Waals surface area contributed by atoms with Crippen molar-refractivity contribution in [2.45, 2.75) is 0 Å². The first-order valence-corrected chi connectivity index (χ1v) is 4.51. The molecule has 0 aromatic heterocycles. The summed E-state index contributed by atoms with van der Waals surface area (Å²) in [6.07, 6.45) is 0. The van der Waals surface area contributed by atoms with Gasteiger partial charge in [-0.3, -0.25) is 0 Å². The van der Waals surface area contributed by atoms with Gasteiger partial charge in [0.05, 0.1) is 0 Å². The lowest BCUT2D eigenvalue weighted by atomic mass is 10.0. The van der Waals surface area contributed by atoms with Gasteiger partial charge in [0.1, 0.15) is 11.6 Å². The number of rotatable bonds is 1. The van der Waals surface area contributed by atoms with Crippen LogP contribution in [0.4, 0.5) is 10.1 Å². The molecule has 0 fully saturated rings. The van der Waals surface area contributed by atoms with Gasteiger partial charge < -0.3 is 10.8 Å². The van der Waals surface area contributed by atoms with E-state index in [4.69, 9.17) is 10.8 Å². The smallest absolute Gasteiger partial charge is 0.131 e. The van der Waals surface area contributed by atoms with Gasteiger partial charge in [0.15, 0.2) is 0 Å². The number of hydrogen-bond acceptors (Lipinski definition) is 2. The van der Waals surface area contributed by atoms with E-state index in [9.17, 15) is 4.39 Å². The van der Waals surface area contributed by atoms with E-state index in [2.05, 4.69) is 0 Å². The molecule has 76 valence electrons. The molecule has 15 heavy (non-hydrogen) atoms. The van der Waals surface area contributed by atoms with E-state index in [0.29, 0.717) is 16.8 Å². The highest BCUT2D eigenvalue weighted by atomic mass is 19.1. The van der Waals surface area contributed by atoms with Crippen molar-refractivity contribution in [2.75, 3.05) is 5.73 Å². The monoisotopic (exact) mass is 203 g/mol. The standard InChI is InChI=1S/C12H10FNO/c13-12-6-3-9(14)7-11(12)8-1-4-10(15)5-2-8/h1-7,15H,14H2. The molecule has 0 aliphatic heterocycles. The van der Waals surface area contributed by atoms with Crippen molar-refractivity contribution >= 4 is 5.69 Å². The Morgan fingerprint density at radius 2 is 1.67 bits per heavy atom. The molecule has 2 nitrogen and oxygen atoms in total. The molecule has 0 aliphatic carbocycles. The van der Waals surface area contributed by atoms with Crippen LogP contribution in [0.1, 0.15) is 0 Å². The third-order valence-corrected chi connectivity index (χ3v) is 2.17. The number of phenolic OH excluding ortho intramolecular Hbond substituents is 1. The Kier molecular flexibility index (Phi) is 2.29. The van der Waals surface area contributed by atoms with Crippen LogP contribution < -0.4 is 5.73 Å². The summed E-state index contributed by atoms with van der Waals surface area (Å²) in [5, 5.41) is 9.11.